The lowest BCUT2D eigenvalue weighted by Gasteiger charge is -2.08. The Bertz CT molecular complexity index is 545. The van der Waals surface area contributed by atoms with Crippen LogP contribution in [0.4, 0.5) is 10.1 Å². The Morgan fingerprint density at radius 3 is 2.61 bits per heavy atom. The number of carbonyl (C=O) groups excluding carboxylic acids is 1. The molecule has 18 heavy (non-hydrogen) atoms. The minimum Gasteiger partial charge on any atom is -0.374 e. The fourth-order valence-electron chi connectivity index (χ4n) is 1.25. The van der Waals surface area contributed by atoms with Crippen LogP contribution < -0.4 is 15.8 Å². The van der Waals surface area contributed by atoms with Crippen LogP contribution in [0.25, 0.3) is 0 Å². The zero-order chi connectivity index (χ0) is 13.8. The summed E-state index contributed by atoms with van der Waals surface area (Å²) >= 11 is 0. The van der Waals surface area contributed by atoms with Crippen molar-refractivity contribution < 1.29 is 17.6 Å². The van der Waals surface area contributed by atoms with Crippen LogP contribution >= 0.6 is 0 Å². The molecule has 0 fully saturated rings. The number of benzene rings is 1. The van der Waals surface area contributed by atoms with E-state index in [4.69, 9.17) is 5.14 Å². The second-order valence-electron chi connectivity index (χ2n) is 3.49. The van der Waals surface area contributed by atoms with Gasteiger partial charge in [-0.05, 0) is 25.1 Å². The van der Waals surface area contributed by atoms with Crippen molar-refractivity contribution in [3.63, 3.8) is 0 Å². The van der Waals surface area contributed by atoms with E-state index >= 15 is 0 Å². The number of nitrogens with one attached hydrogen (secondary N) is 2. The molecule has 1 aromatic carbocycles. The number of sulfonamides is 1. The minimum atomic E-state index is -3.93. The molecule has 0 spiro atoms. The summed E-state index contributed by atoms with van der Waals surface area (Å²) in [5, 5.41) is 9.94. The summed E-state index contributed by atoms with van der Waals surface area (Å²) in [6.07, 6.45) is 0. The fraction of sp³-hybridized carbons (Fsp3) is 0.300. The third kappa shape index (κ3) is 3.97. The van der Waals surface area contributed by atoms with Crippen LogP contribution in [0, 0.1) is 5.82 Å². The molecule has 0 aliphatic heterocycles. The van der Waals surface area contributed by atoms with Crippen molar-refractivity contribution >= 4 is 21.6 Å². The molecule has 0 aliphatic rings. The van der Waals surface area contributed by atoms with E-state index < -0.39 is 15.8 Å². The first kappa shape index (κ1) is 14.4. The number of primary sulfonamides is 1. The van der Waals surface area contributed by atoms with Gasteiger partial charge in [-0.1, -0.05) is 0 Å². The van der Waals surface area contributed by atoms with Gasteiger partial charge in [0.15, 0.2) is 0 Å². The summed E-state index contributed by atoms with van der Waals surface area (Å²) in [5.41, 5.74) is 0.0358. The van der Waals surface area contributed by atoms with Crippen molar-refractivity contribution in [2.45, 2.75) is 11.8 Å². The third-order valence-corrected chi connectivity index (χ3v) is 2.99. The Balaban J connectivity index is 2.78. The molecule has 1 rings (SSSR count). The number of likely N-dealkylation sites (N-methyl/N-ethyl adjacent to an activating group) is 1. The van der Waals surface area contributed by atoms with Crippen molar-refractivity contribution in [1.29, 1.82) is 0 Å². The predicted molar refractivity (Wildman–Crippen MR) is 64.9 cm³/mol. The molecular weight excluding hydrogens is 261 g/mol. The van der Waals surface area contributed by atoms with E-state index in [0.717, 1.165) is 6.07 Å². The molecule has 0 heterocycles. The molecule has 0 unspecified atom stereocenters. The van der Waals surface area contributed by atoms with Gasteiger partial charge in [-0.25, -0.2) is 17.9 Å². The lowest BCUT2D eigenvalue weighted by molar-refractivity contribution is -0.119. The number of carbonyl (C=O) groups is 1. The van der Waals surface area contributed by atoms with E-state index in [9.17, 15) is 17.6 Å². The topological polar surface area (TPSA) is 101 Å². The Labute approximate surface area is 104 Å². The average molecular weight is 275 g/mol. The van der Waals surface area contributed by atoms with Crippen LogP contribution in [0.3, 0.4) is 0 Å². The van der Waals surface area contributed by atoms with Gasteiger partial charge in [-0.15, -0.1) is 0 Å². The highest BCUT2D eigenvalue weighted by Crippen LogP contribution is 2.17. The lowest BCUT2D eigenvalue weighted by Crippen LogP contribution is -2.29. The number of anilines is 1. The monoisotopic (exact) mass is 275 g/mol. The normalized spacial score (nSPS) is 11.1. The van der Waals surface area contributed by atoms with E-state index in [1.807, 2.05) is 0 Å². The maximum atomic E-state index is 13.5. The van der Waals surface area contributed by atoms with E-state index in [1.54, 1.807) is 6.92 Å². The number of halogens is 1. The Morgan fingerprint density at radius 1 is 1.44 bits per heavy atom. The van der Waals surface area contributed by atoms with Gasteiger partial charge >= 0.3 is 0 Å². The van der Waals surface area contributed by atoms with E-state index in [1.165, 1.54) is 12.1 Å². The first-order chi connectivity index (χ1) is 8.34. The first-order valence-corrected chi connectivity index (χ1v) is 6.72. The second-order valence-corrected chi connectivity index (χ2v) is 5.06. The number of nitrogens with two attached hydrogens (primary N) is 1. The molecule has 1 aromatic rings. The highest BCUT2D eigenvalue weighted by molar-refractivity contribution is 7.89. The summed E-state index contributed by atoms with van der Waals surface area (Å²) in [5.74, 6) is -1.07. The van der Waals surface area contributed by atoms with Gasteiger partial charge in [0.2, 0.25) is 15.9 Å². The van der Waals surface area contributed by atoms with Crippen LogP contribution in [0.15, 0.2) is 23.1 Å². The molecule has 0 atom stereocenters. The van der Waals surface area contributed by atoms with E-state index in [-0.39, 0.29) is 23.0 Å². The van der Waals surface area contributed by atoms with E-state index in [0.29, 0.717) is 6.54 Å². The van der Waals surface area contributed by atoms with Crippen LogP contribution in [-0.4, -0.2) is 27.4 Å². The number of rotatable bonds is 5. The lowest BCUT2D eigenvalue weighted by atomic mass is 10.3. The summed E-state index contributed by atoms with van der Waals surface area (Å²) in [7, 11) is -3.93. The van der Waals surface area contributed by atoms with Gasteiger partial charge in [0.25, 0.3) is 0 Å². The molecule has 0 aliphatic carbocycles. The van der Waals surface area contributed by atoms with Crippen LogP contribution in [0.2, 0.25) is 0 Å². The van der Waals surface area contributed by atoms with Crippen LogP contribution in [-0.2, 0) is 14.8 Å². The molecule has 100 valence electrons. The maximum absolute atomic E-state index is 13.5. The molecular formula is C10H14FN3O3S. The van der Waals surface area contributed by atoms with Gasteiger partial charge < -0.3 is 10.6 Å². The predicted octanol–water partition coefficient (Wildman–Crippen LogP) is 0.0211. The molecule has 0 radical (unpaired) electrons. The first-order valence-electron chi connectivity index (χ1n) is 5.17. The molecule has 1 amide bonds. The summed E-state index contributed by atoms with van der Waals surface area (Å²) in [6, 6.07) is 3.18. The van der Waals surface area contributed by atoms with Gasteiger partial charge in [0.05, 0.1) is 17.1 Å². The highest BCUT2D eigenvalue weighted by Gasteiger charge is 2.11. The zero-order valence-corrected chi connectivity index (χ0v) is 10.6. The standard InChI is InChI=1S/C10H14FN3O3S/c1-2-13-10(15)6-14-9-4-3-7(5-8(9)11)18(12,16)17/h3-5,14H,2,6H2,1H3,(H,13,15)(H2,12,16,17). The van der Waals surface area contributed by atoms with Crippen LogP contribution in [0.1, 0.15) is 6.92 Å². The summed E-state index contributed by atoms with van der Waals surface area (Å²) in [4.78, 5) is 10.8. The van der Waals surface area contributed by atoms with Crippen molar-refractivity contribution in [3.8, 4) is 0 Å². The number of hydrogen-bond donors (Lipinski definition) is 3. The highest BCUT2D eigenvalue weighted by atomic mass is 32.2. The summed E-state index contributed by atoms with van der Waals surface area (Å²) < 4.78 is 35.5. The Kier molecular flexibility index (Phi) is 4.62. The van der Waals surface area contributed by atoms with Crippen molar-refractivity contribution in [2.75, 3.05) is 18.4 Å². The number of amides is 1. The molecule has 0 aromatic heterocycles. The molecule has 4 N–H and O–H groups in total. The number of hydrogen-bond acceptors (Lipinski definition) is 4. The van der Waals surface area contributed by atoms with Gasteiger partial charge in [0.1, 0.15) is 5.82 Å². The maximum Gasteiger partial charge on any atom is 0.239 e. The molecule has 0 bridgehead atoms. The smallest absolute Gasteiger partial charge is 0.239 e. The quantitative estimate of drug-likeness (QED) is 0.705. The second kappa shape index (κ2) is 5.78. The van der Waals surface area contributed by atoms with E-state index in [2.05, 4.69) is 10.6 Å². The molecule has 0 saturated heterocycles. The molecule has 6 nitrogen and oxygen atoms in total. The van der Waals surface area contributed by atoms with Gasteiger partial charge in [0, 0.05) is 6.54 Å². The fourth-order valence-corrected chi connectivity index (χ4v) is 1.78. The van der Waals surface area contributed by atoms with Crippen molar-refractivity contribution in [2.24, 2.45) is 5.14 Å². The van der Waals surface area contributed by atoms with Crippen molar-refractivity contribution in [1.82, 2.24) is 5.32 Å². The molecule has 0 saturated carbocycles. The Hall–Kier alpha value is -1.67. The molecule has 8 heteroatoms. The SMILES string of the molecule is CCNC(=O)CNc1ccc(S(N)(=O)=O)cc1F. The van der Waals surface area contributed by atoms with Crippen molar-refractivity contribution in [3.05, 3.63) is 24.0 Å². The van der Waals surface area contributed by atoms with Crippen LogP contribution in [0.5, 0.6) is 0 Å². The average Bonchev–Trinajstić information content (AvgIpc) is 2.26. The van der Waals surface area contributed by atoms with Gasteiger partial charge in [-0.3, -0.25) is 4.79 Å². The third-order valence-electron chi connectivity index (χ3n) is 2.08. The minimum absolute atomic E-state index is 0.0358. The zero-order valence-electron chi connectivity index (χ0n) is 9.73. The largest absolute Gasteiger partial charge is 0.374 e. The summed E-state index contributed by atoms with van der Waals surface area (Å²) in [6.45, 7) is 2.15. The Morgan fingerprint density at radius 2 is 2.11 bits per heavy atom. The van der Waals surface area contributed by atoms with Gasteiger partial charge in [-0.2, -0.15) is 0 Å².